The molecule has 2 rings (SSSR count). The van der Waals surface area contributed by atoms with Gasteiger partial charge in [0, 0.05) is 16.6 Å². The molecule has 19 heavy (non-hydrogen) atoms. The molecule has 1 saturated carbocycles. The molecule has 106 valence electrons. The van der Waals surface area contributed by atoms with Crippen LogP contribution in [0.3, 0.4) is 0 Å². The van der Waals surface area contributed by atoms with Gasteiger partial charge in [-0.05, 0) is 50.4 Å². The van der Waals surface area contributed by atoms with Crippen LogP contribution in [0.15, 0.2) is 28.7 Å². The minimum Gasteiger partial charge on any atom is -0.330 e. The maximum Gasteiger partial charge on any atom is 0.0334 e. The lowest BCUT2D eigenvalue weighted by Crippen LogP contribution is -2.41. The van der Waals surface area contributed by atoms with Crippen molar-refractivity contribution in [2.75, 3.05) is 13.1 Å². The molecule has 0 heterocycles. The van der Waals surface area contributed by atoms with Gasteiger partial charge in [0.2, 0.25) is 0 Å². The Balaban J connectivity index is 2.19. The van der Waals surface area contributed by atoms with Crippen LogP contribution in [0.4, 0.5) is 0 Å². The van der Waals surface area contributed by atoms with Gasteiger partial charge in [-0.2, -0.15) is 0 Å². The van der Waals surface area contributed by atoms with Crippen molar-refractivity contribution in [2.24, 2.45) is 11.7 Å². The molecule has 0 aliphatic heterocycles. The minimum atomic E-state index is 0.442. The molecule has 2 nitrogen and oxygen atoms in total. The van der Waals surface area contributed by atoms with Crippen molar-refractivity contribution >= 4 is 15.9 Å². The third kappa shape index (κ3) is 3.21. The molecule has 2 N–H and O–H groups in total. The van der Waals surface area contributed by atoms with E-state index >= 15 is 0 Å². The predicted molar refractivity (Wildman–Crippen MR) is 85.1 cm³/mol. The molecule has 1 aromatic rings. The van der Waals surface area contributed by atoms with Gasteiger partial charge in [-0.3, -0.25) is 4.90 Å². The Labute approximate surface area is 125 Å². The molecule has 3 atom stereocenters. The van der Waals surface area contributed by atoms with Crippen LogP contribution >= 0.6 is 15.9 Å². The summed E-state index contributed by atoms with van der Waals surface area (Å²) in [6, 6.07) is 9.65. The number of hydrogen-bond acceptors (Lipinski definition) is 2. The van der Waals surface area contributed by atoms with Crippen LogP contribution in [-0.2, 0) is 0 Å². The smallest absolute Gasteiger partial charge is 0.0334 e. The molecule has 0 saturated heterocycles. The summed E-state index contributed by atoms with van der Waals surface area (Å²) < 4.78 is 1.21. The van der Waals surface area contributed by atoms with Gasteiger partial charge < -0.3 is 5.73 Å². The summed E-state index contributed by atoms with van der Waals surface area (Å²) >= 11 is 3.68. The lowest BCUT2D eigenvalue weighted by atomic mass is 9.98. The third-order valence-corrected chi connectivity index (χ3v) is 5.29. The second-order valence-corrected chi connectivity index (χ2v) is 6.38. The quantitative estimate of drug-likeness (QED) is 0.888. The van der Waals surface area contributed by atoms with E-state index in [1.807, 2.05) is 0 Å². The second kappa shape index (κ2) is 6.87. The lowest BCUT2D eigenvalue weighted by Gasteiger charge is -2.37. The first-order valence-electron chi connectivity index (χ1n) is 7.39. The van der Waals surface area contributed by atoms with E-state index in [1.165, 1.54) is 29.3 Å². The van der Waals surface area contributed by atoms with Crippen LogP contribution in [0, 0.1) is 5.92 Å². The molecule has 0 bridgehead atoms. The third-order valence-electron chi connectivity index (χ3n) is 4.57. The van der Waals surface area contributed by atoms with E-state index in [0.717, 1.165) is 13.1 Å². The summed E-state index contributed by atoms with van der Waals surface area (Å²) in [5.41, 5.74) is 7.33. The largest absolute Gasteiger partial charge is 0.330 e. The zero-order valence-electron chi connectivity index (χ0n) is 12.0. The van der Waals surface area contributed by atoms with Crippen molar-refractivity contribution in [3.05, 3.63) is 34.3 Å². The molecule has 1 fully saturated rings. The molecule has 3 unspecified atom stereocenters. The fourth-order valence-electron chi connectivity index (χ4n) is 3.52. The molecule has 1 aromatic carbocycles. The summed E-state index contributed by atoms with van der Waals surface area (Å²) in [7, 11) is 0. The van der Waals surface area contributed by atoms with Crippen LogP contribution in [-0.4, -0.2) is 24.0 Å². The summed E-state index contributed by atoms with van der Waals surface area (Å²) in [5.74, 6) is 0.671. The van der Waals surface area contributed by atoms with Crippen LogP contribution in [0.5, 0.6) is 0 Å². The van der Waals surface area contributed by atoms with Crippen LogP contribution in [0.1, 0.15) is 44.7 Å². The van der Waals surface area contributed by atoms with Crippen molar-refractivity contribution in [1.29, 1.82) is 0 Å². The van der Waals surface area contributed by atoms with E-state index in [1.54, 1.807) is 0 Å². The maximum atomic E-state index is 5.95. The van der Waals surface area contributed by atoms with E-state index in [4.69, 9.17) is 5.73 Å². The monoisotopic (exact) mass is 324 g/mol. The van der Waals surface area contributed by atoms with Crippen molar-refractivity contribution in [1.82, 2.24) is 4.90 Å². The Morgan fingerprint density at radius 1 is 1.37 bits per heavy atom. The van der Waals surface area contributed by atoms with Crippen molar-refractivity contribution < 1.29 is 0 Å². The van der Waals surface area contributed by atoms with Gasteiger partial charge in [-0.1, -0.05) is 47.5 Å². The SMILES string of the molecule is CCN(C(C)c1ccccc1Br)C1CCCC1CN. The number of halogens is 1. The summed E-state index contributed by atoms with van der Waals surface area (Å²) in [4.78, 5) is 2.63. The van der Waals surface area contributed by atoms with Crippen molar-refractivity contribution in [3.63, 3.8) is 0 Å². The van der Waals surface area contributed by atoms with Crippen LogP contribution in [0.2, 0.25) is 0 Å². The average molecular weight is 325 g/mol. The van der Waals surface area contributed by atoms with E-state index in [9.17, 15) is 0 Å². The molecule has 0 amide bonds. The zero-order chi connectivity index (χ0) is 13.8. The van der Waals surface area contributed by atoms with Gasteiger partial charge in [-0.15, -0.1) is 0 Å². The second-order valence-electron chi connectivity index (χ2n) is 5.52. The number of benzene rings is 1. The van der Waals surface area contributed by atoms with Crippen LogP contribution < -0.4 is 5.73 Å². The van der Waals surface area contributed by atoms with E-state index < -0.39 is 0 Å². The van der Waals surface area contributed by atoms with Crippen molar-refractivity contribution in [2.45, 2.75) is 45.2 Å². The highest BCUT2D eigenvalue weighted by Crippen LogP contribution is 2.36. The van der Waals surface area contributed by atoms with Gasteiger partial charge in [0.15, 0.2) is 0 Å². The highest BCUT2D eigenvalue weighted by molar-refractivity contribution is 9.10. The minimum absolute atomic E-state index is 0.442. The first-order chi connectivity index (χ1) is 9.19. The first kappa shape index (κ1) is 15.0. The zero-order valence-corrected chi connectivity index (χ0v) is 13.6. The topological polar surface area (TPSA) is 29.3 Å². The Morgan fingerprint density at radius 2 is 2.11 bits per heavy atom. The maximum absolute atomic E-state index is 5.95. The number of nitrogens with two attached hydrogens (primary N) is 1. The molecular weight excluding hydrogens is 300 g/mol. The molecule has 0 radical (unpaired) electrons. The normalized spacial score (nSPS) is 24.9. The van der Waals surface area contributed by atoms with Gasteiger partial charge in [0.1, 0.15) is 0 Å². The highest BCUT2D eigenvalue weighted by atomic mass is 79.9. The number of hydrogen-bond donors (Lipinski definition) is 1. The van der Waals surface area contributed by atoms with Crippen molar-refractivity contribution in [3.8, 4) is 0 Å². The molecule has 0 spiro atoms. The number of nitrogens with zero attached hydrogens (tertiary/aromatic N) is 1. The fraction of sp³-hybridized carbons (Fsp3) is 0.625. The first-order valence-corrected chi connectivity index (χ1v) is 8.18. The lowest BCUT2D eigenvalue weighted by molar-refractivity contribution is 0.123. The predicted octanol–water partition coefficient (Wildman–Crippen LogP) is 3.96. The molecule has 3 heteroatoms. The highest BCUT2D eigenvalue weighted by Gasteiger charge is 2.33. The summed E-state index contributed by atoms with van der Waals surface area (Å²) in [6.07, 6.45) is 3.91. The fourth-order valence-corrected chi connectivity index (χ4v) is 4.13. The van der Waals surface area contributed by atoms with Crippen LogP contribution in [0.25, 0.3) is 0 Å². The van der Waals surface area contributed by atoms with E-state index in [0.29, 0.717) is 18.0 Å². The van der Waals surface area contributed by atoms with Gasteiger partial charge in [0.05, 0.1) is 0 Å². The van der Waals surface area contributed by atoms with E-state index in [2.05, 4.69) is 58.9 Å². The number of rotatable bonds is 5. The summed E-state index contributed by atoms with van der Waals surface area (Å²) in [5, 5.41) is 0. The average Bonchev–Trinajstić information content (AvgIpc) is 2.88. The molecule has 0 aromatic heterocycles. The standard InChI is InChI=1S/C16H25BrN2/c1-3-19(16-10-6-7-13(16)11-18)12(2)14-8-4-5-9-15(14)17/h4-5,8-9,12-13,16H,3,6-7,10-11,18H2,1-2H3. The summed E-state index contributed by atoms with van der Waals surface area (Å²) in [6.45, 7) is 6.49. The Morgan fingerprint density at radius 3 is 2.74 bits per heavy atom. The molecule has 1 aliphatic rings. The Bertz CT molecular complexity index is 407. The van der Waals surface area contributed by atoms with E-state index in [-0.39, 0.29) is 0 Å². The van der Waals surface area contributed by atoms with Gasteiger partial charge >= 0.3 is 0 Å². The molecular formula is C16H25BrN2. The Kier molecular flexibility index (Phi) is 5.43. The van der Waals surface area contributed by atoms with Gasteiger partial charge in [-0.25, -0.2) is 0 Å². The Hall–Kier alpha value is -0.380. The molecule has 1 aliphatic carbocycles. The van der Waals surface area contributed by atoms with Gasteiger partial charge in [0.25, 0.3) is 0 Å².